The molecule has 0 spiro atoms. The zero-order valence-electron chi connectivity index (χ0n) is 11.5. The normalized spacial score (nSPS) is 10.4. The molecule has 0 aliphatic rings. The first-order chi connectivity index (χ1) is 10.7. The molecule has 0 fully saturated rings. The molecule has 0 aliphatic heterocycles. The predicted octanol–water partition coefficient (Wildman–Crippen LogP) is 3.04. The number of amides is 1. The Morgan fingerprint density at radius 3 is 2.82 bits per heavy atom. The summed E-state index contributed by atoms with van der Waals surface area (Å²) >= 11 is 6.05. The highest BCUT2D eigenvalue weighted by atomic mass is 35.5. The number of carbonyl (C=O) groups is 1. The maximum atomic E-state index is 12.2. The molecule has 0 bridgehead atoms. The maximum Gasteiger partial charge on any atom is 0.230 e. The number of fused-ring (bicyclic) bond motifs is 1. The van der Waals surface area contributed by atoms with Gasteiger partial charge >= 0.3 is 0 Å². The van der Waals surface area contributed by atoms with E-state index in [-0.39, 0.29) is 12.3 Å². The predicted molar refractivity (Wildman–Crippen MR) is 83.7 cm³/mol. The number of rotatable bonds is 3. The van der Waals surface area contributed by atoms with Gasteiger partial charge in [0.25, 0.3) is 0 Å². The van der Waals surface area contributed by atoms with Gasteiger partial charge < -0.3 is 9.72 Å². The molecule has 22 heavy (non-hydrogen) atoms. The largest absolute Gasteiger partial charge is 0.326 e. The Labute approximate surface area is 131 Å². The van der Waals surface area contributed by atoms with Gasteiger partial charge in [-0.05, 0) is 36.4 Å². The average molecular weight is 311 g/mol. The maximum absolute atomic E-state index is 12.2. The molecule has 3 aromatic rings. The van der Waals surface area contributed by atoms with E-state index < -0.39 is 0 Å². The van der Waals surface area contributed by atoms with E-state index in [1.54, 1.807) is 48.9 Å². The molecule has 0 saturated heterocycles. The van der Waals surface area contributed by atoms with Crippen LogP contribution >= 0.6 is 11.6 Å². The number of benzene rings is 1. The van der Waals surface area contributed by atoms with Crippen LogP contribution in [0.5, 0.6) is 0 Å². The van der Waals surface area contributed by atoms with Crippen molar-refractivity contribution in [2.45, 2.75) is 6.42 Å². The zero-order chi connectivity index (χ0) is 15.5. The third kappa shape index (κ3) is 2.92. The van der Waals surface area contributed by atoms with Crippen molar-refractivity contribution in [2.24, 2.45) is 0 Å². The summed E-state index contributed by atoms with van der Waals surface area (Å²) in [7, 11) is 0. The number of carbonyl (C=O) groups excluding carboxylic acids is 1. The topological polar surface area (TPSA) is 70.2 Å². The molecule has 0 atom stereocenters. The summed E-state index contributed by atoms with van der Waals surface area (Å²) in [4.78, 5) is 16.2. The van der Waals surface area contributed by atoms with E-state index in [1.165, 1.54) is 0 Å². The van der Waals surface area contributed by atoms with Gasteiger partial charge in [0.2, 0.25) is 5.91 Å². The van der Waals surface area contributed by atoms with E-state index in [0.29, 0.717) is 16.3 Å². The van der Waals surface area contributed by atoms with Crippen LogP contribution in [0.2, 0.25) is 5.02 Å². The van der Waals surface area contributed by atoms with Gasteiger partial charge in [-0.2, -0.15) is 5.26 Å². The van der Waals surface area contributed by atoms with Crippen LogP contribution in [-0.2, 0) is 11.2 Å². The molecule has 3 rings (SSSR count). The third-order valence-corrected chi connectivity index (χ3v) is 3.42. The van der Waals surface area contributed by atoms with Gasteiger partial charge in [0.05, 0.1) is 36.1 Å². The highest BCUT2D eigenvalue weighted by molar-refractivity contribution is 6.31. The summed E-state index contributed by atoms with van der Waals surface area (Å²) in [6.45, 7) is 0. The number of anilines is 1. The number of hydrogen-bond acceptors (Lipinski definition) is 3. The van der Waals surface area contributed by atoms with Crippen LogP contribution in [0, 0.1) is 11.3 Å². The summed E-state index contributed by atoms with van der Waals surface area (Å²) in [5.74, 6) is -0.165. The second kappa shape index (κ2) is 5.88. The van der Waals surface area contributed by atoms with E-state index in [1.807, 2.05) is 10.5 Å². The second-order valence-electron chi connectivity index (χ2n) is 4.77. The van der Waals surface area contributed by atoms with E-state index in [4.69, 9.17) is 16.9 Å². The molecule has 1 N–H and O–H groups in total. The highest BCUT2D eigenvalue weighted by Crippen LogP contribution is 2.17. The molecule has 0 saturated carbocycles. The Balaban J connectivity index is 1.78. The molecule has 6 heteroatoms. The molecule has 0 radical (unpaired) electrons. The van der Waals surface area contributed by atoms with Crippen molar-refractivity contribution < 1.29 is 4.79 Å². The van der Waals surface area contributed by atoms with Crippen molar-refractivity contribution in [1.82, 2.24) is 9.38 Å². The van der Waals surface area contributed by atoms with Crippen LogP contribution in [0.1, 0.15) is 11.3 Å². The standard InChI is InChI=1S/C16H11ClN4O/c17-12-5-14(21-10-19-9-15(21)6-12)7-16(22)20-13-3-1-11(8-18)2-4-13/h1-6,9-10H,7H2,(H,20,22). The van der Waals surface area contributed by atoms with Crippen LogP contribution in [0.15, 0.2) is 48.9 Å². The van der Waals surface area contributed by atoms with Crippen molar-refractivity contribution in [3.8, 4) is 6.07 Å². The van der Waals surface area contributed by atoms with Crippen LogP contribution in [0.25, 0.3) is 5.52 Å². The Bertz CT molecular complexity index is 877. The number of hydrogen-bond donors (Lipinski definition) is 1. The average Bonchev–Trinajstić information content (AvgIpc) is 2.96. The van der Waals surface area contributed by atoms with Gasteiger partial charge in [0, 0.05) is 16.4 Å². The first-order valence-corrected chi connectivity index (χ1v) is 6.94. The molecule has 1 aromatic carbocycles. The van der Waals surface area contributed by atoms with Gasteiger partial charge in [-0.3, -0.25) is 4.79 Å². The molecule has 1 amide bonds. The lowest BCUT2D eigenvalue weighted by atomic mass is 10.2. The van der Waals surface area contributed by atoms with Gasteiger partial charge in [0.1, 0.15) is 0 Å². The van der Waals surface area contributed by atoms with Crippen molar-refractivity contribution in [1.29, 1.82) is 5.26 Å². The van der Waals surface area contributed by atoms with Crippen LogP contribution in [0.3, 0.4) is 0 Å². The summed E-state index contributed by atoms with van der Waals surface area (Å²) < 4.78 is 1.82. The first-order valence-electron chi connectivity index (χ1n) is 6.56. The summed E-state index contributed by atoms with van der Waals surface area (Å²) in [6.07, 6.45) is 3.51. The monoisotopic (exact) mass is 310 g/mol. The molecule has 5 nitrogen and oxygen atoms in total. The minimum absolute atomic E-state index is 0.165. The van der Waals surface area contributed by atoms with E-state index >= 15 is 0 Å². The zero-order valence-corrected chi connectivity index (χ0v) is 12.2. The quantitative estimate of drug-likeness (QED) is 0.808. The summed E-state index contributed by atoms with van der Waals surface area (Å²) in [5, 5.41) is 12.1. The van der Waals surface area contributed by atoms with Crippen LogP contribution in [0.4, 0.5) is 5.69 Å². The fourth-order valence-electron chi connectivity index (χ4n) is 2.20. The number of aromatic nitrogens is 2. The summed E-state index contributed by atoms with van der Waals surface area (Å²) in [5.41, 5.74) is 2.79. The molecular formula is C16H11ClN4O. The number of imidazole rings is 1. The van der Waals surface area contributed by atoms with Crippen LogP contribution in [-0.4, -0.2) is 15.3 Å². The van der Waals surface area contributed by atoms with Gasteiger partial charge in [-0.15, -0.1) is 0 Å². The Morgan fingerprint density at radius 1 is 1.32 bits per heavy atom. The van der Waals surface area contributed by atoms with Crippen molar-refractivity contribution >= 4 is 28.7 Å². The van der Waals surface area contributed by atoms with E-state index in [0.717, 1.165) is 11.2 Å². The third-order valence-electron chi connectivity index (χ3n) is 3.21. The van der Waals surface area contributed by atoms with E-state index in [2.05, 4.69) is 10.3 Å². The smallest absolute Gasteiger partial charge is 0.230 e. The Kier molecular flexibility index (Phi) is 3.77. The van der Waals surface area contributed by atoms with Crippen molar-refractivity contribution in [2.75, 3.05) is 5.32 Å². The van der Waals surface area contributed by atoms with Crippen molar-refractivity contribution in [3.05, 3.63) is 65.2 Å². The number of nitrogens with one attached hydrogen (secondary N) is 1. The van der Waals surface area contributed by atoms with Crippen molar-refractivity contribution in [3.63, 3.8) is 0 Å². The molecule has 2 heterocycles. The Hall–Kier alpha value is -2.84. The Morgan fingerprint density at radius 2 is 2.09 bits per heavy atom. The minimum atomic E-state index is -0.165. The fourth-order valence-corrected chi connectivity index (χ4v) is 2.44. The fraction of sp³-hybridized carbons (Fsp3) is 0.0625. The lowest BCUT2D eigenvalue weighted by Crippen LogP contribution is -2.16. The first kappa shape index (κ1) is 14.1. The minimum Gasteiger partial charge on any atom is -0.326 e. The van der Waals surface area contributed by atoms with Crippen LogP contribution < -0.4 is 5.32 Å². The highest BCUT2D eigenvalue weighted by Gasteiger charge is 2.09. The number of nitriles is 1. The lowest BCUT2D eigenvalue weighted by molar-refractivity contribution is -0.115. The van der Waals surface area contributed by atoms with E-state index in [9.17, 15) is 4.79 Å². The SMILES string of the molecule is N#Cc1ccc(NC(=O)Cc2cc(Cl)cc3cncn23)cc1. The van der Waals surface area contributed by atoms with Gasteiger partial charge in [-0.1, -0.05) is 11.6 Å². The molecule has 108 valence electrons. The molecular weight excluding hydrogens is 300 g/mol. The molecule has 2 aromatic heterocycles. The number of halogens is 1. The molecule has 0 unspecified atom stereocenters. The second-order valence-corrected chi connectivity index (χ2v) is 5.20. The lowest BCUT2D eigenvalue weighted by Gasteiger charge is -2.08. The van der Waals surface area contributed by atoms with Gasteiger partial charge in [-0.25, -0.2) is 4.98 Å². The number of nitrogens with zero attached hydrogens (tertiary/aromatic N) is 3. The summed E-state index contributed by atoms with van der Waals surface area (Å²) in [6, 6.07) is 12.3. The number of pyridine rings is 1. The van der Waals surface area contributed by atoms with Gasteiger partial charge in [0.15, 0.2) is 0 Å². The molecule has 0 aliphatic carbocycles.